The van der Waals surface area contributed by atoms with Crippen LogP contribution in [0.15, 0.2) is 59.0 Å². The summed E-state index contributed by atoms with van der Waals surface area (Å²) in [4.78, 5) is 12.3. The zero-order valence-corrected chi connectivity index (χ0v) is 15.5. The van der Waals surface area contributed by atoms with E-state index < -0.39 is 0 Å². The molecule has 0 saturated heterocycles. The maximum Gasteiger partial charge on any atom is 0.291 e. The van der Waals surface area contributed by atoms with Gasteiger partial charge in [0.05, 0.1) is 0 Å². The van der Waals surface area contributed by atoms with Crippen LogP contribution in [0.1, 0.15) is 34.4 Å². The van der Waals surface area contributed by atoms with E-state index in [9.17, 15) is 4.79 Å². The molecule has 3 rings (SSSR count). The highest BCUT2D eigenvalue weighted by Crippen LogP contribution is 2.22. The number of furan rings is 1. The fourth-order valence-corrected chi connectivity index (χ4v) is 2.57. The molecule has 0 aliphatic heterocycles. The van der Waals surface area contributed by atoms with Gasteiger partial charge in [-0.05, 0) is 66.9 Å². The molecule has 0 saturated carbocycles. The lowest BCUT2D eigenvalue weighted by atomic mass is 10.1. The summed E-state index contributed by atoms with van der Waals surface area (Å²) in [6.45, 7) is 4.24. The molecule has 134 valence electrons. The topological polar surface area (TPSA) is 51.5 Å². The number of aryl methyl sites for hydroxylation is 2. The molecule has 4 nitrogen and oxygen atoms in total. The summed E-state index contributed by atoms with van der Waals surface area (Å²) in [7, 11) is 0. The SMILES string of the molecule is CCc1ccc(NC(=O)c2ccc(COc3ccc(Cl)c(C)c3)o2)cc1. The Morgan fingerprint density at radius 3 is 2.58 bits per heavy atom. The molecular weight excluding hydrogens is 350 g/mol. The Kier molecular flexibility index (Phi) is 5.64. The minimum absolute atomic E-state index is 0.236. The van der Waals surface area contributed by atoms with Gasteiger partial charge in [0, 0.05) is 10.7 Å². The molecule has 5 heteroatoms. The van der Waals surface area contributed by atoms with Gasteiger partial charge in [-0.1, -0.05) is 30.7 Å². The second-order valence-corrected chi connectivity index (χ2v) is 6.38. The van der Waals surface area contributed by atoms with Crippen molar-refractivity contribution in [3.63, 3.8) is 0 Å². The average Bonchev–Trinajstić information content (AvgIpc) is 3.12. The number of nitrogens with one attached hydrogen (secondary N) is 1. The Labute approximate surface area is 157 Å². The van der Waals surface area contributed by atoms with Crippen molar-refractivity contribution in [3.8, 4) is 5.75 Å². The summed E-state index contributed by atoms with van der Waals surface area (Å²) >= 11 is 6.00. The third-order valence-corrected chi connectivity index (χ3v) is 4.44. The van der Waals surface area contributed by atoms with Crippen molar-refractivity contribution in [2.45, 2.75) is 26.9 Å². The van der Waals surface area contributed by atoms with E-state index in [-0.39, 0.29) is 18.3 Å². The molecule has 0 fully saturated rings. The molecule has 1 heterocycles. The minimum Gasteiger partial charge on any atom is -0.486 e. The predicted molar refractivity (Wildman–Crippen MR) is 103 cm³/mol. The van der Waals surface area contributed by atoms with Crippen LogP contribution in [0.25, 0.3) is 0 Å². The normalized spacial score (nSPS) is 10.6. The fourth-order valence-electron chi connectivity index (χ4n) is 2.46. The lowest BCUT2D eigenvalue weighted by Crippen LogP contribution is -2.10. The van der Waals surface area contributed by atoms with Crippen LogP contribution in [-0.2, 0) is 13.0 Å². The Hall–Kier alpha value is -2.72. The Morgan fingerprint density at radius 2 is 1.88 bits per heavy atom. The number of halogens is 1. The van der Waals surface area contributed by atoms with Crippen LogP contribution in [0.4, 0.5) is 5.69 Å². The van der Waals surface area contributed by atoms with Crippen molar-refractivity contribution in [2.75, 3.05) is 5.32 Å². The zero-order valence-electron chi connectivity index (χ0n) is 14.7. The third-order valence-electron chi connectivity index (χ3n) is 4.02. The Balaban J connectivity index is 1.59. The lowest BCUT2D eigenvalue weighted by Gasteiger charge is -2.06. The summed E-state index contributed by atoms with van der Waals surface area (Å²) in [5, 5.41) is 3.52. The Bertz CT molecular complexity index is 900. The van der Waals surface area contributed by atoms with Gasteiger partial charge in [0.2, 0.25) is 0 Å². The van der Waals surface area contributed by atoms with Crippen LogP contribution in [0, 0.1) is 6.92 Å². The van der Waals surface area contributed by atoms with Gasteiger partial charge in [-0.2, -0.15) is 0 Å². The van der Waals surface area contributed by atoms with E-state index in [1.54, 1.807) is 24.3 Å². The van der Waals surface area contributed by atoms with E-state index in [0.29, 0.717) is 16.5 Å². The highest BCUT2D eigenvalue weighted by atomic mass is 35.5. The number of carbonyl (C=O) groups excluding carboxylic acids is 1. The van der Waals surface area contributed by atoms with Gasteiger partial charge in [-0.3, -0.25) is 4.79 Å². The molecule has 0 spiro atoms. The van der Waals surface area contributed by atoms with Crippen molar-refractivity contribution in [3.05, 3.63) is 82.3 Å². The summed E-state index contributed by atoms with van der Waals surface area (Å²) < 4.78 is 11.3. The fraction of sp³-hybridized carbons (Fsp3) is 0.190. The first kappa shape index (κ1) is 18.1. The Morgan fingerprint density at radius 1 is 1.12 bits per heavy atom. The van der Waals surface area contributed by atoms with Crippen molar-refractivity contribution in [1.82, 2.24) is 0 Å². The highest BCUT2D eigenvalue weighted by Gasteiger charge is 2.12. The van der Waals surface area contributed by atoms with Gasteiger partial charge < -0.3 is 14.5 Å². The maximum atomic E-state index is 12.3. The molecule has 1 amide bonds. The van der Waals surface area contributed by atoms with Crippen LogP contribution in [0.2, 0.25) is 5.02 Å². The molecule has 0 aliphatic rings. The van der Waals surface area contributed by atoms with E-state index in [1.165, 1.54) is 5.56 Å². The summed E-state index contributed by atoms with van der Waals surface area (Å²) in [5.41, 5.74) is 2.90. The first-order valence-corrected chi connectivity index (χ1v) is 8.81. The van der Waals surface area contributed by atoms with Crippen LogP contribution in [0.3, 0.4) is 0 Å². The highest BCUT2D eigenvalue weighted by molar-refractivity contribution is 6.31. The van der Waals surface area contributed by atoms with Crippen LogP contribution < -0.4 is 10.1 Å². The van der Waals surface area contributed by atoms with E-state index in [2.05, 4.69) is 12.2 Å². The molecule has 2 aromatic carbocycles. The lowest BCUT2D eigenvalue weighted by molar-refractivity contribution is 0.0992. The molecule has 0 radical (unpaired) electrons. The van der Waals surface area contributed by atoms with Gasteiger partial charge >= 0.3 is 0 Å². The zero-order chi connectivity index (χ0) is 18.5. The quantitative estimate of drug-likeness (QED) is 0.612. The number of hydrogen-bond acceptors (Lipinski definition) is 3. The maximum absolute atomic E-state index is 12.3. The van der Waals surface area contributed by atoms with E-state index in [0.717, 1.165) is 17.7 Å². The van der Waals surface area contributed by atoms with Crippen molar-refractivity contribution in [1.29, 1.82) is 0 Å². The number of anilines is 1. The molecule has 1 N–H and O–H groups in total. The first-order chi connectivity index (χ1) is 12.5. The molecule has 26 heavy (non-hydrogen) atoms. The van der Waals surface area contributed by atoms with Crippen molar-refractivity contribution < 1.29 is 13.9 Å². The average molecular weight is 370 g/mol. The number of benzene rings is 2. The van der Waals surface area contributed by atoms with Gasteiger partial charge in [-0.25, -0.2) is 0 Å². The number of hydrogen-bond donors (Lipinski definition) is 1. The minimum atomic E-state index is -0.289. The largest absolute Gasteiger partial charge is 0.486 e. The standard InChI is InChI=1S/C21H20ClNO3/c1-3-15-4-6-16(7-5-15)23-21(24)20-11-9-18(26-20)13-25-17-8-10-19(22)14(2)12-17/h4-12H,3,13H2,1-2H3,(H,23,24). The van der Waals surface area contributed by atoms with Gasteiger partial charge in [0.15, 0.2) is 5.76 Å². The monoisotopic (exact) mass is 369 g/mol. The van der Waals surface area contributed by atoms with Crippen LogP contribution in [0.5, 0.6) is 5.75 Å². The number of amides is 1. The number of carbonyl (C=O) groups is 1. The van der Waals surface area contributed by atoms with Crippen LogP contribution >= 0.6 is 11.6 Å². The second kappa shape index (κ2) is 8.11. The first-order valence-electron chi connectivity index (χ1n) is 8.43. The molecule has 0 unspecified atom stereocenters. The van der Waals surface area contributed by atoms with Crippen LogP contribution in [-0.4, -0.2) is 5.91 Å². The second-order valence-electron chi connectivity index (χ2n) is 5.97. The molecular formula is C21H20ClNO3. The van der Waals surface area contributed by atoms with Crippen molar-refractivity contribution in [2.24, 2.45) is 0 Å². The van der Waals surface area contributed by atoms with Gasteiger partial charge in [0.25, 0.3) is 5.91 Å². The number of ether oxygens (including phenoxy) is 1. The molecule has 0 bridgehead atoms. The summed E-state index contributed by atoms with van der Waals surface area (Å²) in [6, 6.07) is 16.6. The van der Waals surface area contributed by atoms with Gasteiger partial charge in [0.1, 0.15) is 18.1 Å². The van der Waals surface area contributed by atoms with Crippen molar-refractivity contribution >= 4 is 23.2 Å². The molecule has 1 aromatic heterocycles. The predicted octanol–water partition coefficient (Wildman–Crippen LogP) is 5.64. The van der Waals surface area contributed by atoms with Gasteiger partial charge in [-0.15, -0.1) is 0 Å². The number of rotatable bonds is 6. The molecule has 3 aromatic rings. The van der Waals surface area contributed by atoms with E-state index >= 15 is 0 Å². The molecule has 0 atom stereocenters. The molecule has 0 aliphatic carbocycles. The summed E-state index contributed by atoms with van der Waals surface area (Å²) in [5.74, 6) is 1.23. The smallest absolute Gasteiger partial charge is 0.291 e. The third kappa shape index (κ3) is 4.46. The summed E-state index contributed by atoms with van der Waals surface area (Å²) in [6.07, 6.45) is 0.961. The van der Waals surface area contributed by atoms with E-state index in [4.69, 9.17) is 20.8 Å². The van der Waals surface area contributed by atoms with E-state index in [1.807, 2.05) is 37.3 Å².